The smallest absolute Gasteiger partial charge is 0.339 e. The van der Waals surface area contributed by atoms with E-state index in [9.17, 15) is 19.2 Å². The van der Waals surface area contributed by atoms with Gasteiger partial charge in [0.2, 0.25) is 0 Å². The van der Waals surface area contributed by atoms with Gasteiger partial charge in [0.15, 0.2) is 12.4 Å². The van der Waals surface area contributed by atoms with E-state index >= 15 is 0 Å². The minimum atomic E-state index is -0.674. The number of anilines is 1. The van der Waals surface area contributed by atoms with Gasteiger partial charge in [-0.05, 0) is 48.9 Å². The fraction of sp³-hybridized carbons (Fsp3) is 0.0606. The van der Waals surface area contributed by atoms with Gasteiger partial charge in [0.1, 0.15) is 0 Å². The number of Topliss-reactive ketones (excluding diaryl/α,β-unsaturated/α-hetero) is 1. The zero-order valence-corrected chi connectivity index (χ0v) is 22.5. The van der Waals surface area contributed by atoms with E-state index in [4.69, 9.17) is 21.3 Å². The molecule has 41 heavy (non-hydrogen) atoms. The van der Waals surface area contributed by atoms with Gasteiger partial charge in [-0.25, -0.2) is 14.7 Å². The Labute approximate surface area is 240 Å². The second-order valence-corrected chi connectivity index (χ2v) is 9.93. The van der Waals surface area contributed by atoms with E-state index < -0.39 is 12.6 Å². The lowest BCUT2D eigenvalue weighted by Crippen LogP contribution is -2.29. The number of benzene rings is 4. The number of ether oxygens (including phenoxy) is 1. The Morgan fingerprint density at radius 1 is 0.829 bits per heavy atom. The molecular weight excluding hydrogens is 540 g/mol. The van der Waals surface area contributed by atoms with Crippen LogP contribution in [0.3, 0.4) is 0 Å². The molecule has 2 heterocycles. The molecule has 200 valence electrons. The number of hydrogen-bond donors (Lipinski definition) is 0. The van der Waals surface area contributed by atoms with Gasteiger partial charge in [-0.2, -0.15) is 0 Å². The molecule has 7 nitrogen and oxygen atoms in total. The molecule has 1 aromatic heterocycles. The van der Waals surface area contributed by atoms with Crippen LogP contribution in [0.25, 0.3) is 22.2 Å². The Hall–Kier alpha value is -5.14. The van der Waals surface area contributed by atoms with Gasteiger partial charge >= 0.3 is 5.97 Å². The Kier molecular flexibility index (Phi) is 6.65. The van der Waals surface area contributed by atoms with E-state index in [0.717, 1.165) is 4.90 Å². The molecule has 0 bridgehead atoms. The topological polar surface area (TPSA) is 93.6 Å². The average Bonchev–Trinajstić information content (AvgIpc) is 3.27. The van der Waals surface area contributed by atoms with Crippen LogP contribution in [0.15, 0.2) is 97.1 Å². The number of halogens is 1. The van der Waals surface area contributed by atoms with Gasteiger partial charge < -0.3 is 4.74 Å². The maximum atomic E-state index is 13.3. The molecule has 0 atom stereocenters. The second kappa shape index (κ2) is 10.4. The highest BCUT2D eigenvalue weighted by atomic mass is 35.5. The number of rotatable bonds is 6. The van der Waals surface area contributed by atoms with Crippen LogP contribution >= 0.6 is 11.6 Å². The summed E-state index contributed by atoms with van der Waals surface area (Å²) in [5.74, 6) is -1.77. The fourth-order valence-corrected chi connectivity index (χ4v) is 4.99. The average molecular weight is 561 g/mol. The van der Waals surface area contributed by atoms with Gasteiger partial charge in [-0.3, -0.25) is 14.4 Å². The Morgan fingerprint density at radius 2 is 1.46 bits per heavy atom. The molecule has 0 spiro atoms. The lowest BCUT2D eigenvalue weighted by atomic mass is 10.0. The number of pyridine rings is 1. The Balaban J connectivity index is 1.34. The largest absolute Gasteiger partial charge is 0.454 e. The summed E-state index contributed by atoms with van der Waals surface area (Å²) < 4.78 is 5.42. The summed E-state index contributed by atoms with van der Waals surface area (Å²) in [6.45, 7) is 1.39. The van der Waals surface area contributed by atoms with Crippen molar-refractivity contribution in [1.29, 1.82) is 0 Å². The van der Waals surface area contributed by atoms with E-state index in [1.54, 1.807) is 104 Å². The quantitative estimate of drug-likeness (QED) is 0.130. The van der Waals surface area contributed by atoms with Crippen LogP contribution in [0.5, 0.6) is 0 Å². The molecule has 1 aliphatic heterocycles. The number of nitrogens with zero attached hydrogens (tertiary/aromatic N) is 2. The molecule has 0 aliphatic carbocycles. The van der Waals surface area contributed by atoms with Crippen LogP contribution in [0.2, 0.25) is 5.02 Å². The summed E-state index contributed by atoms with van der Waals surface area (Å²) in [6, 6.07) is 27.0. The molecule has 0 saturated heterocycles. The van der Waals surface area contributed by atoms with Crippen molar-refractivity contribution in [3.63, 3.8) is 0 Å². The van der Waals surface area contributed by atoms with Gasteiger partial charge in [0.25, 0.3) is 11.8 Å². The van der Waals surface area contributed by atoms with Crippen LogP contribution in [0.1, 0.15) is 47.0 Å². The third-order valence-electron chi connectivity index (χ3n) is 7.03. The number of aromatic nitrogens is 1. The summed E-state index contributed by atoms with van der Waals surface area (Å²) in [4.78, 5) is 57.5. The van der Waals surface area contributed by atoms with Gasteiger partial charge in [0.05, 0.1) is 33.6 Å². The van der Waals surface area contributed by atoms with Crippen LogP contribution in [0.4, 0.5) is 5.69 Å². The minimum absolute atomic E-state index is 0.232. The van der Waals surface area contributed by atoms with E-state index in [-0.39, 0.29) is 23.2 Å². The molecule has 1 aliphatic rings. The number of amides is 2. The van der Waals surface area contributed by atoms with Crippen LogP contribution < -0.4 is 4.90 Å². The van der Waals surface area contributed by atoms with Crippen LogP contribution in [0, 0.1) is 6.92 Å². The predicted molar refractivity (Wildman–Crippen MR) is 156 cm³/mol. The fourth-order valence-electron chi connectivity index (χ4n) is 4.84. The highest BCUT2D eigenvalue weighted by Gasteiger charge is 2.36. The number of hydrogen-bond acceptors (Lipinski definition) is 6. The first-order valence-electron chi connectivity index (χ1n) is 12.8. The molecule has 0 saturated carbocycles. The van der Waals surface area contributed by atoms with Crippen molar-refractivity contribution in [2.75, 3.05) is 11.5 Å². The standard InChI is InChI=1S/C33H21ClN2O5/c1-19-27(34)16-15-23-26(33(40)41-18-29(37)21-7-3-2-4-8-21)17-28(35-30(19)23)20-11-13-22(14-12-20)36-31(38)24-9-5-6-10-25(24)32(36)39/h2-17H,18H2,1H3. The van der Waals surface area contributed by atoms with Crippen molar-refractivity contribution in [1.82, 2.24) is 4.98 Å². The SMILES string of the molecule is Cc1c(Cl)ccc2c(C(=O)OCC(=O)c3ccccc3)cc(-c3ccc(N4C(=O)c5ccccc5C4=O)cc3)nc12. The number of carbonyl (C=O) groups is 4. The molecule has 6 rings (SSSR count). The monoisotopic (exact) mass is 560 g/mol. The normalized spacial score (nSPS) is 12.5. The van der Waals surface area contributed by atoms with Crippen LogP contribution in [-0.2, 0) is 4.74 Å². The second-order valence-electron chi connectivity index (χ2n) is 9.53. The number of ketones is 1. The molecule has 2 amide bonds. The summed E-state index contributed by atoms with van der Waals surface area (Å²) in [5.41, 5.74) is 4.11. The lowest BCUT2D eigenvalue weighted by molar-refractivity contribution is 0.0476. The summed E-state index contributed by atoms with van der Waals surface area (Å²) in [5, 5.41) is 1.03. The first-order chi connectivity index (χ1) is 19.8. The molecule has 8 heteroatoms. The zero-order valence-electron chi connectivity index (χ0n) is 21.8. The molecule has 0 radical (unpaired) electrons. The first-order valence-corrected chi connectivity index (χ1v) is 13.1. The summed E-state index contributed by atoms with van der Waals surface area (Å²) >= 11 is 6.38. The first kappa shape index (κ1) is 26.1. The molecular formula is C33H21ClN2O5. The third kappa shape index (κ3) is 4.66. The molecule has 5 aromatic rings. The number of fused-ring (bicyclic) bond motifs is 2. The van der Waals surface area contributed by atoms with Crippen molar-refractivity contribution in [3.8, 4) is 11.3 Å². The van der Waals surface area contributed by atoms with Crippen molar-refractivity contribution in [3.05, 3.63) is 130 Å². The molecule has 0 unspecified atom stereocenters. The summed E-state index contributed by atoms with van der Waals surface area (Å²) in [6.07, 6.45) is 0. The molecule has 4 aromatic carbocycles. The minimum Gasteiger partial charge on any atom is -0.454 e. The van der Waals surface area contributed by atoms with Crippen molar-refractivity contribution >= 4 is 51.8 Å². The Morgan fingerprint density at radius 3 is 2.12 bits per heavy atom. The highest BCUT2D eigenvalue weighted by Crippen LogP contribution is 2.33. The van der Waals surface area contributed by atoms with E-state index in [1.807, 2.05) is 0 Å². The number of esters is 1. The lowest BCUT2D eigenvalue weighted by Gasteiger charge is -2.15. The van der Waals surface area contributed by atoms with E-state index in [1.165, 1.54) is 0 Å². The summed E-state index contributed by atoms with van der Waals surface area (Å²) in [7, 11) is 0. The van der Waals surface area contributed by atoms with Crippen molar-refractivity contribution < 1.29 is 23.9 Å². The van der Waals surface area contributed by atoms with E-state index in [0.29, 0.717) is 55.1 Å². The highest BCUT2D eigenvalue weighted by molar-refractivity contribution is 6.34. The van der Waals surface area contributed by atoms with Gasteiger partial charge in [0, 0.05) is 21.5 Å². The van der Waals surface area contributed by atoms with Gasteiger partial charge in [-0.1, -0.05) is 72.3 Å². The number of carbonyl (C=O) groups excluding carboxylic acids is 4. The van der Waals surface area contributed by atoms with Crippen LogP contribution in [-0.4, -0.2) is 35.2 Å². The maximum Gasteiger partial charge on any atom is 0.339 e. The molecule has 0 N–H and O–H groups in total. The zero-order chi connectivity index (χ0) is 28.7. The number of imide groups is 1. The van der Waals surface area contributed by atoms with Crippen molar-refractivity contribution in [2.45, 2.75) is 6.92 Å². The number of aryl methyl sites for hydroxylation is 1. The van der Waals surface area contributed by atoms with E-state index in [2.05, 4.69) is 0 Å². The van der Waals surface area contributed by atoms with Gasteiger partial charge in [-0.15, -0.1) is 0 Å². The molecule has 0 fully saturated rings. The Bertz CT molecular complexity index is 1850. The predicted octanol–water partition coefficient (Wildman–Crippen LogP) is 6.70. The van der Waals surface area contributed by atoms with Crippen molar-refractivity contribution in [2.24, 2.45) is 0 Å². The third-order valence-corrected chi connectivity index (χ3v) is 7.44. The maximum absolute atomic E-state index is 13.3.